The molecule has 9 nitrogen and oxygen atoms in total. The van der Waals surface area contributed by atoms with Crippen molar-refractivity contribution in [3.8, 4) is 17.2 Å². The van der Waals surface area contributed by atoms with E-state index in [0.29, 0.717) is 40.2 Å². The molecule has 0 radical (unpaired) electrons. The number of carbonyl (C=O) groups excluding carboxylic acids is 1. The fraction of sp³-hybridized carbons (Fsp3) is 0.227. The van der Waals surface area contributed by atoms with Gasteiger partial charge in [0.05, 0.1) is 32.6 Å². The Labute approximate surface area is 179 Å². The molecule has 9 heteroatoms. The predicted molar refractivity (Wildman–Crippen MR) is 116 cm³/mol. The van der Waals surface area contributed by atoms with Crippen LogP contribution in [0.1, 0.15) is 18.5 Å². The second-order valence-electron chi connectivity index (χ2n) is 6.86. The summed E-state index contributed by atoms with van der Waals surface area (Å²) in [7, 11) is 4.71. The lowest BCUT2D eigenvalue weighted by Crippen LogP contribution is -2.31. The molecule has 31 heavy (non-hydrogen) atoms. The van der Waals surface area contributed by atoms with Crippen molar-refractivity contribution in [2.75, 3.05) is 32.0 Å². The Morgan fingerprint density at radius 2 is 1.84 bits per heavy atom. The molecule has 2 heterocycles. The summed E-state index contributed by atoms with van der Waals surface area (Å²) in [4.78, 5) is 17.8. The van der Waals surface area contributed by atoms with Gasteiger partial charge in [-0.05, 0) is 25.1 Å². The summed E-state index contributed by atoms with van der Waals surface area (Å²) in [5.41, 5.74) is 2.43. The molecule has 0 saturated carbocycles. The van der Waals surface area contributed by atoms with Crippen LogP contribution < -0.4 is 24.8 Å². The molecule has 160 valence electrons. The van der Waals surface area contributed by atoms with Gasteiger partial charge in [0, 0.05) is 17.3 Å². The van der Waals surface area contributed by atoms with Gasteiger partial charge in [0.1, 0.15) is 29.6 Å². The van der Waals surface area contributed by atoms with Crippen molar-refractivity contribution >= 4 is 17.5 Å². The number of amides is 1. The minimum atomic E-state index is -0.536. The van der Waals surface area contributed by atoms with Gasteiger partial charge >= 0.3 is 0 Å². The zero-order chi connectivity index (χ0) is 22.0. The van der Waals surface area contributed by atoms with E-state index in [1.807, 2.05) is 31.2 Å². The number of nitrogens with one attached hydrogen (secondary N) is 2. The van der Waals surface area contributed by atoms with E-state index >= 15 is 0 Å². The van der Waals surface area contributed by atoms with Crippen LogP contribution in [-0.2, 0) is 4.79 Å². The molecule has 0 saturated heterocycles. The molecule has 1 atom stereocenters. The normalized spacial score (nSPS) is 15.0. The van der Waals surface area contributed by atoms with Crippen molar-refractivity contribution in [1.29, 1.82) is 0 Å². The molecule has 1 unspecified atom stereocenters. The zero-order valence-electron chi connectivity index (χ0n) is 17.7. The van der Waals surface area contributed by atoms with E-state index in [-0.39, 0.29) is 5.91 Å². The van der Waals surface area contributed by atoms with E-state index in [1.54, 1.807) is 44.2 Å². The van der Waals surface area contributed by atoms with E-state index < -0.39 is 6.04 Å². The maximum atomic E-state index is 13.6. The van der Waals surface area contributed by atoms with Gasteiger partial charge in [0.2, 0.25) is 5.95 Å². The summed E-state index contributed by atoms with van der Waals surface area (Å²) >= 11 is 0. The third-order valence-electron chi connectivity index (χ3n) is 5.13. The van der Waals surface area contributed by atoms with E-state index in [4.69, 9.17) is 14.2 Å². The molecular weight excluding hydrogens is 398 g/mol. The monoisotopic (exact) mass is 421 g/mol. The average molecular weight is 421 g/mol. The van der Waals surface area contributed by atoms with E-state index in [0.717, 1.165) is 5.56 Å². The number of hydrogen-bond acceptors (Lipinski definition) is 7. The smallest absolute Gasteiger partial charge is 0.255 e. The van der Waals surface area contributed by atoms with Crippen LogP contribution in [0.25, 0.3) is 0 Å². The fourth-order valence-electron chi connectivity index (χ4n) is 3.67. The molecule has 0 bridgehead atoms. The van der Waals surface area contributed by atoms with Gasteiger partial charge in [-0.2, -0.15) is 10.1 Å². The number of fused-ring (bicyclic) bond motifs is 1. The van der Waals surface area contributed by atoms with Crippen LogP contribution in [0.4, 0.5) is 11.6 Å². The van der Waals surface area contributed by atoms with Gasteiger partial charge in [-0.15, -0.1) is 0 Å². The van der Waals surface area contributed by atoms with Crippen LogP contribution in [0.5, 0.6) is 17.2 Å². The van der Waals surface area contributed by atoms with E-state index in [2.05, 4.69) is 20.7 Å². The SMILES string of the molecule is COc1ccc(OC)c(NC(=O)C2=C(C)Nc3ncnn3C2c2ccccc2OC)c1. The lowest BCUT2D eigenvalue weighted by atomic mass is 9.94. The van der Waals surface area contributed by atoms with Crippen molar-refractivity contribution in [1.82, 2.24) is 14.8 Å². The van der Waals surface area contributed by atoms with Gasteiger partial charge in [-0.3, -0.25) is 4.79 Å². The van der Waals surface area contributed by atoms with Crippen molar-refractivity contribution < 1.29 is 19.0 Å². The lowest BCUT2D eigenvalue weighted by molar-refractivity contribution is -0.113. The van der Waals surface area contributed by atoms with Gasteiger partial charge in [-0.1, -0.05) is 18.2 Å². The van der Waals surface area contributed by atoms with Gasteiger partial charge < -0.3 is 24.8 Å². The second-order valence-corrected chi connectivity index (χ2v) is 6.86. The first-order chi connectivity index (χ1) is 15.1. The number of methoxy groups -OCH3 is 3. The average Bonchev–Trinajstić information content (AvgIpc) is 3.25. The highest BCUT2D eigenvalue weighted by Crippen LogP contribution is 2.39. The summed E-state index contributed by atoms with van der Waals surface area (Å²) < 4.78 is 17.9. The Kier molecular flexibility index (Phi) is 5.48. The number of nitrogens with zero attached hydrogens (tertiary/aromatic N) is 3. The Balaban J connectivity index is 1.79. The van der Waals surface area contributed by atoms with Crippen molar-refractivity contribution in [2.45, 2.75) is 13.0 Å². The first-order valence-corrected chi connectivity index (χ1v) is 9.61. The molecule has 1 amide bonds. The molecule has 0 spiro atoms. The number of para-hydroxylation sites is 1. The van der Waals surface area contributed by atoms with Crippen LogP contribution in [0, 0.1) is 0 Å². The van der Waals surface area contributed by atoms with Crippen LogP contribution in [-0.4, -0.2) is 42.0 Å². The molecule has 1 aliphatic rings. The number of rotatable bonds is 6. The topological polar surface area (TPSA) is 99.5 Å². The molecular formula is C22H23N5O4. The molecule has 2 N–H and O–H groups in total. The summed E-state index contributed by atoms with van der Waals surface area (Å²) in [6, 6.07) is 12.2. The Bertz CT molecular complexity index is 1150. The molecule has 1 aliphatic heterocycles. The number of benzene rings is 2. The first kappa shape index (κ1) is 20.3. The maximum Gasteiger partial charge on any atom is 0.255 e. The molecule has 0 aliphatic carbocycles. The Morgan fingerprint density at radius 3 is 2.58 bits per heavy atom. The van der Waals surface area contributed by atoms with Crippen molar-refractivity contribution in [3.63, 3.8) is 0 Å². The highest BCUT2D eigenvalue weighted by atomic mass is 16.5. The molecule has 2 aromatic carbocycles. The second kappa shape index (κ2) is 8.39. The summed E-state index contributed by atoms with van der Waals surface area (Å²) in [6.07, 6.45) is 1.45. The quantitative estimate of drug-likeness (QED) is 0.630. The van der Waals surface area contributed by atoms with Gasteiger partial charge in [0.25, 0.3) is 5.91 Å². The predicted octanol–water partition coefficient (Wildman–Crippen LogP) is 3.23. The molecule has 3 aromatic rings. The third-order valence-corrected chi connectivity index (χ3v) is 5.13. The third kappa shape index (κ3) is 3.65. The number of hydrogen-bond donors (Lipinski definition) is 2. The van der Waals surface area contributed by atoms with Crippen molar-refractivity contribution in [3.05, 3.63) is 65.6 Å². The first-order valence-electron chi connectivity index (χ1n) is 9.61. The fourth-order valence-corrected chi connectivity index (χ4v) is 3.67. The summed E-state index contributed by atoms with van der Waals surface area (Å²) in [6.45, 7) is 1.83. The molecule has 0 fully saturated rings. The summed E-state index contributed by atoms with van der Waals surface area (Å²) in [5.74, 6) is 2.00. The van der Waals surface area contributed by atoms with E-state index in [9.17, 15) is 4.79 Å². The molecule has 4 rings (SSSR count). The highest BCUT2D eigenvalue weighted by Gasteiger charge is 2.35. The number of carbonyl (C=O) groups is 1. The van der Waals surface area contributed by atoms with Crippen LogP contribution in [0.3, 0.4) is 0 Å². The zero-order valence-corrected chi connectivity index (χ0v) is 17.7. The Hall–Kier alpha value is -4.01. The van der Waals surface area contributed by atoms with Crippen LogP contribution >= 0.6 is 0 Å². The number of allylic oxidation sites excluding steroid dienone is 1. The van der Waals surface area contributed by atoms with Gasteiger partial charge in [0.15, 0.2) is 0 Å². The number of anilines is 2. The standard InChI is InChI=1S/C22H23N5O4/c1-13-19(21(28)26-16-11-14(29-2)9-10-18(16)31-4)20(27-22(25-13)23-12-24-27)15-7-5-6-8-17(15)30-3/h5-12,20H,1-4H3,(H,26,28)(H,23,24,25). The van der Waals surface area contributed by atoms with Crippen LogP contribution in [0.2, 0.25) is 0 Å². The minimum Gasteiger partial charge on any atom is -0.497 e. The number of ether oxygens (including phenoxy) is 3. The molecule has 1 aromatic heterocycles. The minimum absolute atomic E-state index is 0.311. The number of aromatic nitrogens is 3. The lowest BCUT2D eigenvalue weighted by Gasteiger charge is -2.29. The van der Waals surface area contributed by atoms with Crippen LogP contribution in [0.15, 0.2) is 60.1 Å². The van der Waals surface area contributed by atoms with Crippen molar-refractivity contribution in [2.24, 2.45) is 0 Å². The summed E-state index contributed by atoms with van der Waals surface area (Å²) in [5, 5.41) is 10.5. The largest absolute Gasteiger partial charge is 0.497 e. The maximum absolute atomic E-state index is 13.6. The van der Waals surface area contributed by atoms with Gasteiger partial charge in [-0.25, -0.2) is 4.68 Å². The van der Waals surface area contributed by atoms with E-state index in [1.165, 1.54) is 6.33 Å². The highest BCUT2D eigenvalue weighted by molar-refractivity contribution is 6.06. The Morgan fingerprint density at radius 1 is 1.06 bits per heavy atom.